The van der Waals surface area contributed by atoms with Gasteiger partial charge in [0.2, 0.25) is 5.91 Å². The Labute approximate surface area is 218 Å². The number of ether oxygens (including phenoxy) is 1. The van der Waals surface area contributed by atoms with Crippen LogP contribution >= 0.6 is 11.8 Å². The highest BCUT2D eigenvalue weighted by Gasteiger charge is 2.43. The molecule has 2 aliphatic heterocycles. The van der Waals surface area contributed by atoms with Crippen molar-refractivity contribution in [1.82, 2.24) is 4.90 Å². The molecule has 0 aromatic heterocycles. The number of fused-ring (bicyclic) bond motifs is 2. The van der Waals surface area contributed by atoms with Crippen LogP contribution in [0.4, 0.5) is 11.4 Å². The number of benzene rings is 3. The van der Waals surface area contributed by atoms with E-state index in [9.17, 15) is 9.90 Å². The number of para-hydroxylation sites is 3. The first-order valence-electron chi connectivity index (χ1n) is 12.9. The van der Waals surface area contributed by atoms with Gasteiger partial charge in [0.05, 0.1) is 17.9 Å². The molecule has 0 radical (unpaired) electrons. The average molecular weight is 503 g/mol. The fraction of sp³-hybridized carbons (Fsp3) is 0.367. The largest absolute Gasteiger partial charge is 0.486 e. The highest BCUT2D eigenvalue weighted by molar-refractivity contribution is 7.99. The molecule has 0 spiro atoms. The van der Waals surface area contributed by atoms with Gasteiger partial charge in [0.15, 0.2) is 0 Å². The molecule has 1 N–H and O–H groups in total. The van der Waals surface area contributed by atoms with E-state index in [0.29, 0.717) is 25.9 Å². The Morgan fingerprint density at radius 1 is 0.972 bits per heavy atom. The minimum atomic E-state index is -0.897. The molecule has 1 fully saturated rings. The van der Waals surface area contributed by atoms with Crippen LogP contribution in [-0.2, 0) is 4.79 Å². The van der Waals surface area contributed by atoms with Crippen molar-refractivity contribution in [1.29, 1.82) is 0 Å². The molecule has 3 aromatic rings. The van der Waals surface area contributed by atoms with Crippen molar-refractivity contribution in [3.63, 3.8) is 0 Å². The number of piperidine rings is 1. The number of unbranched alkanes of at least 4 members (excludes halogenated alkanes) is 2. The maximum atomic E-state index is 13.8. The number of anilines is 2. The van der Waals surface area contributed by atoms with Gasteiger partial charge >= 0.3 is 0 Å². The second kappa shape index (κ2) is 11.1. The molecule has 2 atom stereocenters. The Balaban J connectivity index is 1.35. The van der Waals surface area contributed by atoms with E-state index < -0.39 is 11.7 Å². The summed E-state index contributed by atoms with van der Waals surface area (Å²) < 4.78 is 6.35. The van der Waals surface area contributed by atoms with E-state index in [2.05, 4.69) is 24.0 Å². The third-order valence-electron chi connectivity index (χ3n) is 7.16. The fourth-order valence-electron chi connectivity index (χ4n) is 5.16. The van der Waals surface area contributed by atoms with Crippen molar-refractivity contribution in [2.75, 3.05) is 24.5 Å². The van der Waals surface area contributed by atoms with Gasteiger partial charge in [-0.3, -0.25) is 14.6 Å². The number of amides is 1. The number of aliphatic hydroxyl groups is 1. The lowest BCUT2D eigenvalue weighted by molar-refractivity contribution is -0.128. The second-order valence-corrected chi connectivity index (χ2v) is 10.8. The topological polar surface area (TPSA) is 53.0 Å². The van der Waals surface area contributed by atoms with Crippen LogP contribution in [0.2, 0.25) is 0 Å². The Morgan fingerprint density at radius 2 is 1.61 bits per heavy atom. The minimum absolute atomic E-state index is 0.0325. The summed E-state index contributed by atoms with van der Waals surface area (Å²) in [5.74, 6) is 0.783. The normalized spacial score (nSPS) is 21.5. The van der Waals surface area contributed by atoms with Crippen LogP contribution in [0.25, 0.3) is 0 Å². The van der Waals surface area contributed by atoms with Gasteiger partial charge in [-0.2, -0.15) is 0 Å². The Hall–Kier alpha value is -2.80. The summed E-state index contributed by atoms with van der Waals surface area (Å²) in [4.78, 5) is 20.0. The number of carbonyl (C=O) groups is 1. The van der Waals surface area contributed by atoms with E-state index in [1.54, 1.807) is 11.8 Å². The van der Waals surface area contributed by atoms with Crippen LogP contribution in [0.5, 0.6) is 5.75 Å². The second-order valence-electron chi connectivity index (χ2n) is 9.73. The standard InChI is InChI=1S/C30H34N2O3S/c1-2-3-11-18-30(34)19-20-31(21-28(30)35-23-12-5-4-6-13-23)22-29(33)32-24-14-7-9-16-26(24)36-27-17-10-8-15-25(27)32/h4-10,12-17,28,34H,2-3,11,18-22H2,1H3/t28-,30-/m0/s1. The maximum Gasteiger partial charge on any atom is 0.245 e. The highest BCUT2D eigenvalue weighted by atomic mass is 32.2. The van der Waals surface area contributed by atoms with Crippen molar-refractivity contribution in [2.45, 2.75) is 60.5 Å². The average Bonchev–Trinajstić information content (AvgIpc) is 2.90. The van der Waals surface area contributed by atoms with E-state index in [1.165, 1.54) is 0 Å². The summed E-state index contributed by atoms with van der Waals surface area (Å²) in [6, 6.07) is 25.8. The molecule has 188 valence electrons. The van der Waals surface area contributed by atoms with Crippen molar-refractivity contribution in [2.24, 2.45) is 0 Å². The Bertz CT molecular complexity index is 1140. The number of carbonyl (C=O) groups excluding carboxylic acids is 1. The van der Waals surface area contributed by atoms with Crippen LogP contribution in [-0.4, -0.2) is 47.3 Å². The van der Waals surface area contributed by atoms with E-state index in [4.69, 9.17) is 4.74 Å². The van der Waals surface area contributed by atoms with Gasteiger partial charge in [-0.1, -0.05) is 80.4 Å². The molecule has 0 bridgehead atoms. The first-order chi connectivity index (χ1) is 17.6. The summed E-state index contributed by atoms with van der Waals surface area (Å²) in [5.41, 5.74) is 0.957. The monoisotopic (exact) mass is 502 g/mol. The molecule has 2 heterocycles. The van der Waals surface area contributed by atoms with Crippen molar-refractivity contribution in [3.8, 4) is 5.75 Å². The van der Waals surface area contributed by atoms with Crippen LogP contribution in [0.1, 0.15) is 39.0 Å². The molecule has 2 aliphatic rings. The zero-order valence-electron chi connectivity index (χ0n) is 20.8. The summed E-state index contributed by atoms with van der Waals surface area (Å²) in [6.07, 6.45) is 4.08. The highest BCUT2D eigenvalue weighted by Crippen LogP contribution is 2.48. The molecule has 0 saturated carbocycles. The first kappa shape index (κ1) is 24.9. The Kier molecular flexibility index (Phi) is 7.65. The predicted octanol–water partition coefficient (Wildman–Crippen LogP) is 6.28. The van der Waals surface area contributed by atoms with Gasteiger partial charge in [-0.05, 0) is 49.2 Å². The van der Waals surface area contributed by atoms with Crippen molar-refractivity contribution in [3.05, 3.63) is 78.9 Å². The molecule has 5 rings (SSSR count). The van der Waals surface area contributed by atoms with Gasteiger partial charge in [0.1, 0.15) is 17.5 Å². The van der Waals surface area contributed by atoms with Crippen LogP contribution in [0.3, 0.4) is 0 Å². The minimum Gasteiger partial charge on any atom is -0.486 e. The third-order valence-corrected chi connectivity index (χ3v) is 8.29. The zero-order chi connectivity index (χ0) is 25.0. The lowest BCUT2D eigenvalue weighted by Crippen LogP contribution is -2.59. The van der Waals surface area contributed by atoms with Gasteiger partial charge in [-0.15, -0.1) is 0 Å². The summed E-state index contributed by atoms with van der Waals surface area (Å²) in [7, 11) is 0. The van der Waals surface area contributed by atoms with E-state index >= 15 is 0 Å². The quantitative estimate of drug-likeness (QED) is 0.367. The van der Waals surface area contributed by atoms with E-state index in [0.717, 1.165) is 46.2 Å². The number of hydrogen-bond donors (Lipinski definition) is 1. The summed E-state index contributed by atoms with van der Waals surface area (Å²) in [6.45, 7) is 3.61. The number of nitrogens with zero attached hydrogens (tertiary/aromatic N) is 2. The maximum absolute atomic E-state index is 13.8. The molecule has 36 heavy (non-hydrogen) atoms. The smallest absolute Gasteiger partial charge is 0.245 e. The number of likely N-dealkylation sites (tertiary alicyclic amines) is 1. The molecule has 5 nitrogen and oxygen atoms in total. The number of rotatable bonds is 8. The lowest BCUT2D eigenvalue weighted by Gasteiger charge is -2.44. The molecular weight excluding hydrogens is 468 g/mol. The molecule has 0 unspecified atom stereocenters. The van der Waals surface area contributed by atoms with E-state index in [1.807, 2.05) is 71.6 Å². The number of hydrogen-bond acceptors (Lipinski definition) is 5. The SMILES string of the molecule is CCCCC[C@]1(O)CCN(CC(=O)N2c3ccccc3Sc3ccccc32)C[C@@H]1Oc1ccccc1. The van der Waals surface area contributed by atoms with Crippen LogP contribution in [0.15, 0.2) is 88.7 Å². The first-order valence-corrected chi connectivity index (χ1v) is 13.7. The summed E-state index contributed by atoms with van der Waals surface area (Å²) >= 11 is 1.70. The Morgan fingerprint density at radius 3 is 2.28 bits per heavy atom. The predicted molar refractivity (Wildman–Crippen MR) is 145 cm³/mol. The van der Waals surface area contributed by atoms with Crippen LogP contribution < -0.4 is 9.64 Å². The van der Waals surface area contributed by atoms with Crippen LogP contribution in [0, 0.1) is 0 Å². The molecular formula is C30H34N2O3S. The van der Waals surface area contributed by atoms with Gasteiger partial charge in [0, 0.05) is 22.9 Å². The third kappa shape index (κ3) is 5.31. The molecule has 6 heteroatoms. The van der Waals surface area contributed by atoms with Crippen molar-refractivity contribution >= 4 is 29.0 Å². The van der Waals surface area contributed by atoms with Gasteiger partial charge < -0.3 is 9.84 Å². The summed E-state index contributed by atoms with van der Waals surface area (Å²) in [5, 5.41) is 11.6. The lowest BCUT2D eigenvalue weighted by atomic mass is 9.83. The molecule has 1 saturated heterocycles. The zero-order valence-corrected chi connectivity index (χ0v) is 21.6. The molecule has 3 aromatic carbocycles. The van der Waals surface area contributed by atoms with E-state index in [-0.39, 0.29) is 12.5 Å². The molecule has 0 aliphatic carbocycles. The van der Waals surface area contributed by atoms with Gasteiger partial charge in [0.25, 0.3) is 0 Å². The molecule has 1 amide bonds. The van der Waals surface area contributed by atoms with Gasteiger partial charge in [-0.25, -0.2) is 0 Å². The van der Waals surface area contributed by atoms with Crippen molar-refractivity contribution < 1.29 is 14.6 Å². The fourth-order valence-corrected chi connectivity index (χ4v) is 6.22.